The number of esters is 2. The second kappa shape index (κ2) is 5.68. The Morgan fingerprint density at radius 1 is 1.17 bits per heavy atom. The third-order valence-corrected chi connectivity index (χ3v) is 3.76. The third-order valence-electron chi connectivity index (χ3n) is 3.76. The summed E-state index contributed by atoms with van der Waals surface area (Å²) in [6, 6.07) is 13.3. The lowest BCUT2D eigenvalue weighted by Gasteiger charge is -2.32. The molecule has 1 unspecified atom stereocenters. The van der Waals surface area contributed by atoms with Gasteiger partial charge in [-0.25, -0.2) is 9.59 Å². The Balaban J connectivity index is 1.88. The van der Waals surface area contributed by atoms with Gasteiger partial charge in [0.2, 0.25) is 5.60 Å². The number of ether oxygens (including phenoxy) is 2. The fourth-order valence-corrected chi connectivity index (χ4v) is 2.53. The summed E-state index contributed by atoms with van der Waals surface area (Å²) in [7, 11) is 0. The van der Waals surface area contributed by atoms with Crippen molar-refractivity contribution in [2.24, 2.45) is 0 Å². The van der Waals surface area contributed by atoms with Crippen LogP contribution in [-0.2, 0) is 16.0 Å². The summed E-state index contributed by atoms with van der Waals surface area (Å²) in [5.74, 6) is -1.13. The van der Waals surface area contributed by atoms with E-state index in [1.165, 1.54) is 13.0 Å². The fraction of sp³-hybridized carbons (Fsp3) is 0.167. The van der Waals surface area contributed by atoms with Gasteiger partial charge >= 0.3 is 11.9 Å². The molecule has 1 heterocycles. The SMILES string of the molecule is CC1(C(=O)Oc2ccccc2C=O)Cc2ccccc2C(=O)O1. The zero-order chi connectivity index (χ0) is 16.4. The summed E-state index contributed by atoms with van der Waals surface area (Å²) < 4.78 is 10.6. The maximum absolute atomic E-state index is 12.5. The molecule has 0 aliphatic carbocycles. The van der Waals surface area contributed by atoms with Crippen molar-refractivity contribution in [1.82, 2.24) is 0 Å². The topological polar surface area (TPSA) is 69.7 Å². The molecule has 0 saturated heterocycles. The molecule has 3 rings (SSSR count). The summed E-state index contributed by atoms with van der Waals surface area (Å²) in [4.78, 5) is 35.6. The van der Waals surface area contributed by atoms with E-state index in [1.807, 2.05) is 0 Å². The molecule has 0 saturated carbocycles. The minimum absolute atomic E-state index is 0.142. The number of hydrogen-bond donors (Lipinski definition) is 0. The van der Waals surface area contributed by atoms with Crippen molar-refractivity contribution < 1.29 is 23.9 Å². The number of fused-ring (bicyclic) bond motifs is 1. The molecule has 2 aromatic carbocycles. The van der Waals surface area contributed by atoms with Crippen molar-refractivity contribution >= 4 is 18.2 Å². The predicted octanol–water partition coefficient (Wildman–Crippen LogP) is 2.58. The van der Waals surface area contributed by atoms with Crippen molar-refractivity contribution in [3.63, 3.8) is 0 Å². The Morgan fingerprint density at radius 2 is 1.87 bits per heavy atom. The van der Waals surface area contributed by atoms with Gasteiger partial charge in [0.1, 0.15) is 5.75 Å². The van der Waals surface area contributed by atoms with E-state index in [9.17, 15) is 14.4 Å². The molecule has 0 amide bonds. The molecule has 5 nitrogen and oxygen atoms in total. The molecule has 0 aromatic heterocycles. The minimum atomic E-state index is -1.43. The van der Waals surface area contributed by atoms with Gasteiger partial charge in [0.25, 0.3) is 0 Å². The summed E-state index contributed by atoms with van der Waals surface area (Å²) in [6.07, 6.45) is 0.824. The van der Waals surface area contributed by atoms with E-state index in [2.05, 4.69) is 0 Å². The molecule has 0 bridgehead atoms. The van der Waals surface area contributed by atoms with Crippen molar-refractivity contribution in [1.29, 1.82) is 0 Å². The quantitative estimate of drug-likeness (QED) is 0.495. The smallest absolute Gasteiger partial charge is 0.356 e. The average molecular weight is 310 g/mol. The largest absolute Gasteiger partial charge is 0.443 e. The number of cyclic esters (lactones) is 1. The zero-order valence-corrected chi connectivity index (χ0v) is 12.4. The molecule has 1 aliphatic heterocycles. The highest BCUT2D eigenvalue weighted by atomic mass is 16.6. The van der Waals surface area contributed by atoms with Crippen molar-refractivity contribution in [2.45, 2.75) is 18.9 Å². The molecule has 5 heteroatoms. The van der Waals surface area contributed by atoms with E-state index < -0.39 is 17.5 Å². The summed E-state index contributed by atoms with van der Waals surface area (Å²) in [5.41, 5.74) is 0.00598. The standard InChI is InChI=1S/C18H14O5/c1-18(10-12-6-2-4-8-14(12)16(20)23-18)17(21)22-15-9-5-3-7-13(15)11-19/h2-9,11H,10H2,1H3. The Hall–Kier alpha value is -2.95. The van der Waals surface area contributed by atoms with Gasteiger partial charge in [-0.15, -0.1) is 0 Å². The molecule has 1 atom stereocenters. The van der Waals surface area contributed by atoms with Crippen LogP contribution in [0.4, 0.5) is 0 Å². The molecule has 0 radical (unpaired) electrons. The molecule has 23 heavy (non-hydrogen) atoms. The lowest BCUT2D eigenvalue weighted by atomic mass is 9.90. The molecule has 1 aliphatic rings. The number of rotatable bonds is 3. The number of carbonyl (C=O) groups excluding carboxylic acids is 3. The van der Waals surface area contributed by atoms with Gasteiger partial charge in [0.15, 0.2) is 6.29 Å². The second-order valence-corrected chi connectivity index (χ2v) is 5.50. The van der Waals surface area contributed by atoms with Crippen LogP contribution in [0.1, 0.15) is 33.2 Å². The van der Waals surface area contributed by atoms with E-state index in [-0.39, 0.29) is 17.7 Å². The molecule has 0 fully saturated rings. The van der Waals surface area contributed by atoms with Crippen LogP contribution < -0.4 is 4.74 Å². The van der Waals surface area contributed by atoms with Gasteiger partial charge in [-0.2, -0.15) is 0 Å². The first-order valence-corrected chi connectivity index (χ1v) is 7.11. The van der Waals surface area contributed by atoms with Crippen molar-refractivity contribution in [3.8, 4) is 5.75 Å². The van der Waals surface area contributed by atoms with Gasteiger partial charge in [-0.3, -0.25) is 4.79 Å². The zero-order valence-electron chi connectivity index (χ0n) is 12.4. The molecular weight excluding hydrogens is 296 g/mol. The number of carbonyl (C=O) groups is 3. The van der Waals surface area contributed by atoms with E-state index in [0.717, 1.165) is 5.56 Å². The first kappa shape index (κ1) is 15.0. The van der Waals surface area contributed by atoms with E-state index in [4.69, 9.17) is 9.47 Å². The summed E-state index contributed by atoms with van der Waals surface area (Å²) in [5, 5.41) is 0. The maximum atomic E-state index is 12.5. The number of para-hydroxylation sites is 1. The monoisotopic (exact) mass is 310 g/mol. The highest BCUT2D eigenvalue weighted by Crippen LogP contribution is 2.30. The third kappa shape index (κ3) is 2.73. The summed E-state index contributed by atoms with van der Waals surface area (Å²) >= 11 is 0. The normalized spacial score (nSPS) is 19.4. The van der Waals surface area contributed by atoms with Gasteiger partial charge in [0.05, 0.1) is 11.1 Å². The molecule has 2 aromatic rings. The molecular formula is C18H14O5. The van der Waals surface area contributed by atoms with Crippen LogP contribution in [-0.4, -0.2) is 23.8 Å². The second-order valence-electron chi connectivity index (χ2n) is 5.50. The highest BCUT2D eigenvalue weighted by molar-refractivity contribution is 5.97. The van der Waals surface area contributed by atoms with Crippen molar-refractivity contribution in [3.05, 3.63) is 65.2 Å². The highest BCUT2D eigenvalue weighted by Gasteiger charge is 2.44. The van der Waals surface area contributed by atoms with Crippen LogP contribution in [0.25, 0.3) is 0 Å². The Morgan fingerprint density at radius 3 is 2.65 bits per heavy atom. The number of hydrogen-bond acceptors (Lipinski definition) is 5. The van der Waals surface area contributed by atoms with Crippen LogP contribution >= 0.6 is 0 Å². The average Bonchev–Trinajstić information content (AvgIpc) is 2.55. The number of aldehydes is 1. The lowest BCUT2D eigenvalue weighted by molar-refractivity contribution is -0.155. The van der Waals surface area contributed by atoms with Crippen LogP contribution in [0.5, 0.6) is 5.75 Å². The van der Waals surface area contributed by atoms with Gasteiger partial charge in [0, 0.05) is 6.42 Å². The van der Waals surface area contributed by atoms with Crippen LogP contribution in [0.15, 0.2) is 48.5 Å². The Bertz CT molecular complexity index is 796. The van der Waals surface area contributed by atoms with Crippen LogP contribution in [0.3, 0.4) is 0 Å². The minimum Gasteiger partial charge on any atom is -0.443 e. The summed E-state index contributed by atoms with van der Waals surface area (Å²) in [6.45, 7) is 1.51. The molecule has 0 spiro atoms. The van der Waals surface area contributed by atoms with E-state index in [0.29, 0.717) is 11.8 Å². The first-order chi connectivity index (χ1) is 11.0. The van der Waals surface area contributed by atoms with E-state index >= 15 is 0 Å². The first-order valence-electron chi connectivity index (χ1n) is 7.11. The lowest BCUT2D eigenvalue weighted by Crippen LogP contribution is -2.48. The maximum Gasteiger partial charge on any atom is 0.356 e. The van der Waals surface area contributed by atoms with Crippen molar-refractivity contribution in [2.75, 3.05) is 0 Å². The Kier molecular flexibility index (Phi) is 3.70. The van der Waals surface area contributed by atoms with Gasteiger partial charge < -0.3 is 9.47 Å². The predicted molar refractivity (Wildman–Crippen MR) is 81.4 cm³/mol. The number of benzene rings is 2. The molecule has 116 valence electrons. The fourth-order valence-electron chi connectivity index (χ4n) is 2.53. The Labute approximate surface area is 132 Å². The molecule has 0 N–H and O–H groups in total. The van der Waals surface area contributed by atoms with Crippen LogP contribution in [0.2, 0.25) is 0 Å². The van der Waals surface area contributed by atoms with Gasteiger partial charge in [-0.05, 0) is 30.7 Å². The van der Waals surface area contributed by atoms with E-state index in [1.54, 1.807) is 42.5 Å². The van der Waals surface area contributed by atoms with Gasteiger partial charge in [-0.1, -0.05) is 30.3 Å². The van der Waals surface area contributed by atoms with Crippen LogP contribution in [0, 0.1) is 0 Å².